The second kappa shape index (κ2) is 8.11. The van der Waals surface area contributed by atoms with Crippen molar-refractivity contribution in [3.63, 3.8) is 0 Å². The van der Waals surface area contributed by atoms with Gasteiger partial charge in [-0.15, -0.1) is 0 Å². The zero-order valence-electron chi connectivity index (χ0n) is 11.6. The highest BCUT2D eigenvalue weighted by Gasteiger charge is 2.25. The summed E-state index contributed by atoms with van der Waals surface area (Å²) in [5.41, 5.74) is 0. The first-order valence-corrected chi connectivity index (χ1v) is 7.53. The zero-order valence-corrected chi connectivity index (χ0v) is 11.6. The van der Waals surface area contributed by atoms with Crippen LogP contribution in [0.2, 0.25) is 0 Å². The molecule has 0 spiro atoms. The van der Waals surface area contributed by atoms with E-state index in [9.17, 15) is 0 Å². The maximum atomic E-state index is 3.76. The van der Waals surface area contributed by atoms with E-state index in [0.717, 1.165) is 24.4 Å². The lowest BCUT2D eigenvalue weighted by molar-refractivity contribution is 0.240. The van der Waals surface area contributed by atoms with Crippen LogP contribution in [0, 0.1) is 11.8 Å². The van der Waals surface area contributed by atoms with Gasteiger partial charge in [0.2, 0.25) is 0 Å². The summed E-state index contributed by atoms with van der Waals surface area (Å²) in [6.07, 6.45) is 11.5. The molecular weight excluding hydrogens is 194 g/mol. The van der Waals surface area contributed by atoms with Crippen molar-refractivity contribution in [3.8, 4) is 0 Å². The smallest absolute Gasteiger partial charge is 0.0121 e. The molecule has 0 heterocycles. The van der Waals surface area contributed by atoms with Crippen LogP contribution in [0.5, 0.6) is 0 Å². The third-order valence-corrected chi connectivity index (χ3v) is 4.20. The van der Waals surface area contributed by atoms with Gasteiger partial charge in [0.15, 0.2) is 0 Å². The molecule has 0 aromatic carbocycles. The van der Waals surface area contributed by atoms with Crippen molar-refractivity contribution in [1.82, 2.24) is 5.32 Å². The van der Waals surface area contributed by atoms with E-state index in [2.05, 4.69) is 26.1 Å². The fourth-order valence-corrected chi connectivity index (χ4v) is 3.37. The van der Waals surface area contributed by atoms with Crippen molar-refractivity contribution in [2.45, 2.75) is 78.2 Å². The van der Waals surface area contributed by atoms with E-state index >= 15 is 0 Å². The highest BCUT2D eigenvalue weighted by Crippen LogP contribution is 2.30. The van der Waals surface area contributed by atoms with Gasteiger partial charge in [0.1, 0.15) is 0 Å². The second-order valence-electron chi connectivity index (χ2n) is 5.60. The third kappa shape index (κ3) is 4.45. The van der Waals surface area contributed by atoms with Gasteiger partial charge in [-0.3, -0.25) is 0 Å². The van der Waals surface area contributed by atoms with Gasteiger partial charge >= 0.3 is 0 Å². The highest BCUT2D eigenvalue weighted by atomic mass is 14.9. The molecule has 1 saturated carbocycles. The minimum absolute atomic E-state index is 0.781. The van der Waals surface area contributed by atoms with E-state index in [1.165, 1.54) is 51.4 Å². The minimum Gasteiger partial charge on any atom is -0.314 e. The standard InChI is InChI=1S/C15H31N/c1-4-10-13(3)15(16-5-2)14-11-8-6-7-9-12-14/h13-16H,4-12H2,1-3H3. The van der Waals surface area contributed by atoms with Gasteiger partial charge in [0, 0.05) is 6.04 Å². The van der Waals surface area contributed by atoms with Crippen molar-refractivity contribution in [3.05, 3.63) is 0 Å². The second-order valence-corrected chi connectivity index (χ2v) is 5.60. The average molecular weight is 225 g/mol. The van der Waals surface area contributed by atoms with Crippen LogP contribution in [-0.4, -0.2) is 12.6 Å². The lowest BCUT2D eigenvalue weighted by Crippen LogP contribution is -2.41. The Morgan fingerprint density at radius 2 is 1.69 bits per heavy atom. The summed E-state index contributed by atoms with van der Waals surface area (Å²) in [4.78, 5) is 0. The predicted molar refractivity (Wildman–Crippen MR) is 72.7 cm³/mol. The molecule has 1 rings (SSSR count). The summed E-state index contributed by atoms with van der Waals surface area (Å²) < 4.78 is 0. The fourth-order valence-electron chi connectivity index (χ4n) is 3.37. The molecule has 0 aromatic rings. The van der Waals surface area contributed by atoms with E-state index in [0.29, 0.717) is 0 Å². The molecule has 16 heavy (non-hydrogen) atoms. The van der Waals surface area contributed by atoms with Gasteiger partial charge in [0.05, 0.1) is 0 Å². The minimum atomic E-state index is 0.781. The first-order chi connectivity index (χ1) is 7.79. The van der Waals surface area contributed by atoms with Gasteiger partial charge < -0.3 is 5.32 Å². The van der Waals surface area contributed by atoms with E-state index in [1.807, 2.05) is 0 Å². The third-order valence-electron chi connectivity index (χ3n) is 4.20. The Balaban J connectivity index is 2.51. The van der Waals surface area contributed by atoms with Crippen LogP contribution in [0.4, 0.5) is 0 Å². The molecule has 2 atom stereocenters. The van der Waals surface area contributed by atoms with Gasteiger partial charge in [0.25, 0.3) is 0 Å². The molecule has 0 aliphatic heterocycles. The average Bonchev–Trinajstić information content (AvgIpc) is 2.54. The molecular formula is C15H31N. The van der Waals surface area contributed by atoms with Crippen LogP contribution < -0.4 is 5.32 Å². The molecule has 1 fully saturated rings. The SMILES string of the molecule is CCCC(C)C(NCC)C1CCCCCC1. The van der Waals surface area contributed by atoms with Crippen LogP contribution in [0.1, 0.15) is 72.1 Å². The fraction of sp³-hybridized carbons (Fsp3) is 1.00. The molecule has 0 saturated heterocycles. The number of hydrogen-bond donors (Lipinski definition) is 1. The summed E-state index contributed by atoms with van der Waals surface area (Å²) in [6.45, 7) is 8.14. The normalized spacial score (nSPS) is 22.7. The Hall–Kier alpha value is -0.0400. The zero-order chi connectivity index (χ0) is 11.8. The Kier molecular flexibility index (Phi) is 7.11. The lowest BCUT2D eigenvalue weighted by Gasteiger charge is -2.32. The molecule has 0 radical (unpaired) electrons. The Morgan fingerprint density at radius 3 is 2.19 bits per heavy atom. The summed E-state index contributed by atoms with van der Waals surface area (Å²) in [5.74, 6) is 1.80. The molecule has 0 amide bonds. The lowest BCUT2D eigenvalue weighted by atomic mass is 9.82. The first kappa shape index (κ1) is 14.0. The van der Waals surface area contributed by atoms with Crippen LogP contribution in [0.25, 0.3) is 0 Å². The number of rotatable bonds is 6. The van der Waals surface area contributed by atoms with E-state index < -0.39 is 0 Å². The van der Waals surface area contributed by atoms with Crippen molar-refractivity contribution in [2.24, 2.45) is 11.8 Å². The van der Waals surface area contributed by atoms with Gasteiger partial charge in [-0.25, -0.2) is 0 Å². The number of hydrogen-bond acceptors (Lipinski definition) is 1. The summed E-state index contributed by atoms with van der Waals surface area (Å²) in [7, 11) is 0. The quantitative estimate of drug-likeness (QED) is 0.662. The van der Waals surface area contributed by atoms with Crippen LogP contribution in [0.15, 0.2) is 0 Å². The van der Waals surface area contributed by atoms with Crippen LogP contribution in [0.3, 0.4) is 0 Å². The molecule has 0 bridgehead atoms. The molecule has 1 heteroatoms. The van der Waals surface area contributed by atoms with Crippen LogP contribution >= 0.6 is 0 Å². The molecule has 1 aliphatic carbocycles. The Labute approximate surface area is 102 Å². The highest BCUT2D eigenvalue weighted by molar-refractivity contribution is 4.82. The molecule has 1 aliphatic rings. The van der Waals surface area contributed by atoms with Crippen molar-refractivity contribution in [1.29, 1.82) is 0 Å². The monoisotopic (exact) mass is 225 g/mol. The maximum Gasteiger partial charge on any atom is 0.0121 e. The molecule has 1 nitrogen and oxygen atoms in total. The Bertz CT molecular complexity index is 159. The van der Waals surface area contributed by atoms with Crippen molar-refractivity contribution >= 4 is 0 Å². The predicted octanol–water partition coefficient (Wildman–Crippen LogP) is 4.37. The van der Waals surface area contributed by atoms with Gasteiger partial charge in [-0.05, 0) is 37.6 Å². The topological polar surface area (TPSA) is 12.0 Å². The molecule has 96 valence electrons. The maximum absolute atomic E-state index is 3.76. The van der Waals surface area contributed by atoms with Crippen molar-refractivity contribution in [2.75, 3.05) is 6.54 Å². The molecule has 0 aromatic heterocycles. The Morgan fingerprint density at radius 1 is 1.06 bits per heavy atom. The molecule has 1 N–H and O–H groups in total. The van der Waals surface area contributed by atoms with E-state index in [4.69, 9.17) is 0 Å². The first-order valence-electron chi connectivity index (χ1n) is 7.53. The van der Waals surface area contributed by atoms with E-state index in [-0.39, 0.29) is 0 Å². The molecule has 2 unspecified atom stereocenters. The summed E-state index contributed by atoms with van der Waals surface area (Å²) in [6, 6.07) is 0.781. The largest absolute Gasteiger partial charge is 0.314 e. The van der Waals surface area contributed by atoms with Crippen LogP contribution in [-0.2, 0) is 0 Å². The number of nitrogens with one attached hydrogen (secondary N) is 1. The summed E-state index contributed by atoms with van der Waals surface area (Å²) >= 11 is 0. The van der Waals surface area contributed by atoms with Gasteiger partial charge in [-0.1, -0.05) is 52.9 Å². The van der Waals surface area contributed by atoms with E-state index in [1.54, 1.807) is 0 Å². The van der Waals surface area contributed by atoms with Gasteiger partial charge in [-0.2, -0.15) is 0 Å². The summed E-state index contributed by atoms with van der Waals surface area (Å²) in [5, 5.41) is 3.76. The van der Waals surface area contributed by atoms with Crippen molar-refractivity contribution < 1.29 is 0 Å².